The van der Waals surface area contributed by atoms with Crippen LogP contribution in [-0.4, -0.2) is 34.9 Å². The fourth-order valence-electron chi connectivity index (χ4n) is 6.98. The molecular weight excluding hydrogens is 807 g/mol. The van der Waals surface area contributed by atoms with E-state index in [1.165, 1.54) is 36.3 Å². The Morgan fingerprint density at radius 2 is 1.57 bits per heavy atom. The first-order valence-corrected chi connectivity index (χ1v) is 22.5. The number of carbonyl (C=O) groups excluding carboxylic acids is 2. The van der Waals surface area contributed by atoms with Gasteiger partial charge in [0.05, 0.1) is 22.1 Å². The second-order valence-electron chi connectivity index (χ2n) is 17.1. The molecule has 326 valence electrons. The number of benzene rings is 4. The van der Waals surface area contributed by atoms with E-state index >= 15 is 0 Å². The van der Waals surface area contributed by atoms with E-state index in [4.69, 9.17) is 27.9 Å². The number of azo groups is 1. The summed E-state index contributed by atoms with van der Waals surface area (Å²) in [6.07, 6.45) is 9.20. The van der Waals surface area contributed by atoms with Crippen LogP contribution in [-0.2, 0) is 26.8 Å². The smallest absolute Gasteiger partial charge is 0.280 e. The lowest BCUT2D eigenvalue weighted by molar-refractivity contribution is -0.123. The number of unbranched alkanes of at least 4 members (excludes halogenated alkanes) is 5. The lowest BCUT2D eigenvalue weighted by atomic mass is 9.76. The molecule has 2 amide bonds. The predicted octanol–water partition coefficient (Wildman–Crippen LogP) is 13.5. The molecule has 0 aromatic heterocycles. The quantitative estimate of drug-likeness (QED) is 0.0602. The van der Waals surface area contributed by atoms with Gasteiger partial charge in [-0.05, 0) is 121 Å². The third-order valence-corrected chi connectivity index (χ3v) is 12.4. The topological polar surface area (TPSA) is 128 Å². The van der Waals surface area contributed by atoms with Gasteiger partial charge in [0, 0.05) is 16.3 Å². The number of aromatic hydroxyl groups is 1. The average Bonchev–Trinajstić information content (AvgIpc) is 3.55. The Hall–Kier alpha value is -4.93. The van der Waals surface area contributed by atoms with Crippen LogP contribution in [0.2, 0.25) is 10.0 Å². The molecule has 5 rings (SSSR count). The highest BCUT2D eigenvalue weighted by molar-refractivity contribution is 6.36. The van der Waals surface area contributed by atoms with Gasteiger partial charge in [-0.25, -0.2) is 10.0 Å². The van der Waals surface area contributed by atoms with Gasteiger partial charge in [-0.15, -0.1) is 0 Å². The van der Waals surface area contributed by atoms with Crippen LogP contribution in [0.15, 0.2) is 94.1 Å². The number of nitrogens with one attached hydrogen (secondary N) is 2. The highest BCUT2D eigenvalue weighted by Gasteiger charge is 2.39. The van der Waals surface area contributed by atoms with E-state index in [0.29, 0.717) is 51.4 Å². The molecule has 12 heteroatoms. The predicted molar refractivity (Wildman–Crippen MR) is 251 cm³/mol. The summed E-state index contributed by atoms with van der Waals surface area (Å²) < 4.78 is 6.49. The lowest BCUT2D eigenvalue weighted by Crippen LogP contribution is -2.36. The Balaban J connectivity index is 1.34. The summed E-state index contributed by atoms with van der Waals surface area (Å²) in [5, 5.41) is 24.6. The van der Waals surface area contributed by atoms with Crippen molar-refractivity contribution in [1.29, 1.82) is 0 Å². The van der Waals surface area contributed by atoms with Gasteiger partial charge in [0.1, 0.15) is 11.5 Å². The number of amidine groups is 1. The molecule has 1 aliphatic rings. The van der Waals surface area contributed by atoms with Crippen molar-refractivity contribution in [1.82, 2.24) is 5.43 Å². The molecule has 1 saturated heterocycles. The number of rotatable bonds is 20. The number of anilines is 2. The molecule has 0 saturated carbocycles. The van der Waals surface area contributed by atoms with Crippen LogP contribution >= 0.6 is 23.2 Å². The van der Waals surface area contributed by atoms with Gasteiger partial charge in [0.25, 0.3) is 11.8 Å². The number of halogens is 2. The van der Waals surface area contributed by atoms with Gasteiger partial charge < -0.3 is 15.2 Å². The third kappa shape index (κ3) is 12.1. The minimum Gasteiger partial charge on any atom is -0.508 e. The summed E-state index contributed by atoms with van der Waals surface area (Å²) in [6, 6.07) is 22.1. The highest BCUT2D eigenvalue weighted by Crippen LogP contribution is 2.39. The minimum absolute atomic E-state index is 0.00852. The number of phenols is 1. The number of aliphatic imine (C=N–C) groups is 1. The highest BCUT2D eigenvalue weighted by atomic mass is 35.5. The summed E-state index contributed by atoms with van der Waals surface area (Å²) in [5.74, 6) is 0.431. The van der Waals surface area contributed by atoms with E-state index in [2.05, 4.69) is 86.6 Å². The van der Waals surface area contributed by atoms with Crippen LogP contribution in [0.5, 0.6) is 11.5 Å². The summed E-state index contributed by atoms with van der Waals surface area (Å²) >= 11 is 12.6. The van der Waals surface area contributed by atoms with Gasteiger partial charge in [-0.3, -0.25) is 15.0 Å². The fourth-order valence-corrected chi connectivity index (χ4v) is 7.43. The van der Waals surface area contributed by atoms with Gasteiger partial charge in [0.15, 0.2) is 11.9 Å². The van der Waals surface area contributed by atoms with E-state index in [-0.39, 0.29) is 28.3 Å². The summed E-state index contributed by atoms with van der Waals surface area (Å²) in [6.45, 7) is 17.4. The molecular formula is C49H62Cl2N6O4. The number of amides is 2. The van der Waals surface area contributed by atoms with Gasteiger partial charge in [0.2, 0.25) is 6.04 Å². The van der Waals surface area contributed by atoms with E-state index in [1.807, 2.05) is 13.0 Å². The van der Waals surface area contributed by atoms with Gasteiger partial charge >= 0.3 is 0 Å². The molecule has 0 spiro atoms. The number of hydrogen-bond acceptors (Lipinski definition) is 7. The number of carbonyl (C=O) groups is 2. The first-order valence-electron chi connectivity index (χ1n) is 21.7. The van der Waals surface area contributed by atoms with Crippen molar-refractivity contribution >= 4 is 63.6 Å². The van der Waals surface area contributed by atoms with Crippen molar-refractivity contribution in [3.63, 3.8) is 0 Å². The molecule has 3 N–H and O–H groups in total. The van der Waals surface area contributed by atoms with Gasteiger partial charge in [-0.1, -0.05) is 123 Å². The molecule has 61 heavy (non-hydrogen) atoms. The van der Waals surface area contributed by atoms with E-state index in [9.17, 15) is 14.7 Å². The van der Waals surface area contributed by atoms with Crippen molar-refractivity contribution in [3.05, 3.63) is 106 Å². The number of hydrazine groups is 1. The molecule has 0 bridgehead atoms. The molecule has 1 heterocycles. The monoisotopic (exact) mass is 868 g/mol. The summed E-state index contributed by atoms with van der Waals surface area (Å²) in [5.41, 5.74) is 7.99. The third-order valence-electron chi connectivity index (χ3n) is 11.8. The largest absolute Gasteiger partial charge is 0.508 e. The van der Waals surface area contributed by atoms with Crippen molar-refractivity contribution in [2.24, 2.45) is 15.2 Å². The number of nitrogens with zero attached hydrogens (tertiary/aromatic N) is 4. The van der Waals surface area contributed by atoms with Crippen LogP contribution in [0.1, 0.15) is 130 Å². The normalized spacial score (nSPS) is 15.7. The summed E-state index contributed by atoms with van der Waals surface area (Å²) in [4.78, 5) is 32.4. The van der Waals surface area contributed by atoms with Gasteiger partial charge in [-0.2, -0.15) is 10.2 Å². The molecule has 2 unspecified atom stereocenters. The van der Waals surface area contributed by atoms with E-state index in [1.54, 1.807) is 60.7 Å². The Morgan fingerprint density at radius 1 is 0.869 bits per heavy atom. The molecule has 0 radical (unpaired) electrons. The van der Waals surface area contributed by atoms with Crippen LogP contribution in [0.4, 0.5) is 22.7 Å². The first kappa shape index (κ1) is 47.1. The fraction of sp³-hybridized carbons (Fsp3) is 0.449. The average molecular weight is 870 g/mol. The second-order valence-corrected chi connectivity index (χ2v) is 17.9. The molecule has 1 fully saturated rings. The molecule has 1 aliphatic heterocycles. The Morgan fingerprint density at radius 3 is 2.25 bits per heavy atom. The maximum absolute atomic E-state index is 14.1. The lowest BCUT2D eigenvalue weighted by Gasteiger charge is -2.31. The minimum atomic E-state index is -1.13. The van der Waals surface area contributed by atoms with Crippen molar-refractivity contribution in [2.45, 2.75) is 143 Å². The zero-order chi connectivity index (χ0) is 44.3. The molecule has 0 aliphatic carbocycles. The Bertz CT molecular complexity index is 2200. The van der Waals surface area contributed by atoms with Crippen LogP contribution in [0.25, 0.3) is 0 Å². The molecule has 2 atom stereocenters. The van der Waals surface area contributed by atoms with Crippen LogP contribution in [0, 0.1) is 0 Å². The Kier molecular flexibility index (Phi) is 16.4. The standard InChI is InChI=1S/C49H62Cl2N6O4/c1-9-13-14-15-16-17-18-32-29-36(23-27-41(32)58)54-55-44-45(53-40-26-20-34(50)31-39(40)51)56-57(47(44)60)37-24-21-35(22-25-37)52-46(59)42(10-2)61-43-28-19-33(48(5,6)11-3)30-38(43)49(7,8)12-4/h19-31,42,44,58H,9-18H2,1-8H3,(H,52,59)(H,53,56). The maximum Gasteiger partial charge on any atom is 0.280 e. The van der Waals surface area contributed by atoms with Crippen LogP contribution < -0.4 is 20.5 Å². The van der Waals surface area contributed by atoms with Crippen molar-refractivity contribution in [2.75, 3.05) is 10.3 Å². The number of aryl methyl sites for hydroxylation is 1. The van der Waals surface area contributed by atoms with E-state index < -0.39 is 18.1 Å². The Labute approximate surface area is 372 Å². The SMILES string of the molecule is CCCCCCCCc1cc(N=NC2C(=O)N(c3ccc(NC(=O)C(CC)Oc4ccc(C(C)(C)CC)cc4C(C)(C)CC)cc3)NC2=Nc2ccc(Cl)cc2Cl)ccc1O. The van der Waals surface area contributed by atoms with Crippen LogP contribution in [0.3, 0.4) is 0 Å². The first-order chi connectivity index (χ1) is 29.1. The van der Waals surface area contributed by atoms with Crippen molar-refractivity contribution in [3.8, 4) is 11.5 Å². The number of hydrogen-bond donors (Lipinski definition) is 3. The zero-order valence-corrected chi connectivity index (χ0v) is 38.5. The number of ether oxygens (including phenoxy) is 1. The number of phenolic OH excluding ortho intramolecular Hbond substituents is 1. The molecule has 4 aromatic carbocycles. The molecule has 4 aromatic rings. The maximum atomic E-state index is 14.1. The molecule has 10 nitrogen and oxygen atoms in total. The second kappa shape index (κ2) is 21.2. The van der Waals surface area contributed by atoms with Crippen molar-refractivity contribution < 1.29 is 19.4 Å². The zero-order valence-electron chi connectivity index (χ0n) is 36.9. The summed E-state index contributed by atoms with van der Waals surface area (Å²) in [7, 11) is 0. The van der Waals surface area contributed by atoms with E-state index in [0.717, 1.165) is 36.8 Å².